The quantitative estimate of drug-likeness (QED) is 0.800. The van der Waals surface area contributed by atoms with Gasteiger partial charge in [0.25, 0.3) is 0 Å². The first-order chi connectivity index (χ1) is 8.65. The minimum Gasteiger partial charge on any atom is -0.508 e. The largest absolute Gasteiger partial charge is 0.508 e. The van der Waals surface area contributed by atoms with Crippen LogP contribution in [0.3, 0.4) is 0 Å². The topological polar surface area (TPSA) is 40.5 Å². The molecule has 2 N–H and O–H groups in total. The van der Waals surface area contributed by atoms with Crippen molar-refractivity contribution in [3.63, 3.8) is 0 Å². The predicted molar refractivity (Wildman–Crippen MR) is 75.1 cm³/mol. The maximum absolute atomic E-state index is 9.90. The summed E-state index contributed by atoms with van der Waals surface area (Å²) in [4.78, 5) is 0. The SMILES string of the molecule is C=CCc1cc2cc(O)c(CC=C)cc2cc1O. The van der Waals surface area contributed by atoms with Gasteiger partial charge in [-0.15, -0.1) is 13.2 Å². The van der Waals surface area contributed by atoms with E-state index in [0.717, 1.165) is 21.9 Å². The fourth-order valence-corrected chi connectivity index (χ4v) is 2.06. The van der Waals surface area contributed by atoms with Gasteiger partial charge in [-0.25, -0.2) is 0 Å². The molecule has 0 aromatic heterocycles. The lowest BCUT2D eigenvalue weighted by Gasteiger charge is -2.08. The third-order valence-corrected chi connectivity index (χ3v) is 2.96. The van der Waals surface area contributed by atoms with Crippen molar-refractivity contribution in [1.82, 2.24) is 0 Å². The van der Waals surface area contributed by atoms with E-state index in [1.165, 1.54) is 0 Å². The molecule has 0 saturated heterocycles. The molecule has 0 fully saturated rings. The summed E-state index contributed by atoms with van der Waals surface area (Å²) < 4.78 is 0. The van der Waals surface area contributed by atoms with Crippen LogP contribution in [0.2, 0.25) is 0 Å². The van der Waals surface area contributed by atoms with E-state index < -0.39 is 0 Å². The molecule has 0 aliphatic carbocycles. The summed E-state index contributed by atoms with van der Waals surface area (Å²) in [5.41, 5.74) is 1.63. The highest BCUT2D eigenvalue weighted by Crippen LogP contribution is 2.30. The fourth-order valence-electron chi connectivity index (χ4n) is 2.06. The van der Waals surface area contributed by atoms with Gasteiger partial charge in [0, 0.05) is 0 Å². The molecule has 0 aliphatic rings. The fraction of sp³-hybridized carbons (Fsp3) is 0.125. The average molecular weight is 240 g/mol. The van der Waals surface area contributed by atoms with Crippen LogP contribution in [0.4, 0.5) is 0 Å². The van der Waals surface area contributed by atoms with Crippen LogP contribution in [-0.2, 0) is 12.8 Å². The Morgan fingerprint density at radius 2 is 1.17 bits per heavy atom. The Morgan fingerprint density at radius 3 is 1.50 bits per heavy atom. The summed E-state index contributed by atoms with van der Waals surface area (Å²) >= 11 is 0. The van der Waals surface area contributed by atoms with Crippen molar-refractivity contribution in [3.8, 4) is 11.5 Å². The number of hydrogen-bond acceptors (Lipinski definition) is 2. The van der Waals surface area contributed by atoms with E-state index in [-0.39, 0.29) is 11.5 Å². The number of phenolic OH excluding ortho intramolecular Hbond substituents is 2. The molecule has 0 heterocycles. The Hall–Kier alpha value is -2.22. The molecule has 0 aliphatic heterocycles. The third-order valence-electron chi connectivity index (χ3n) is 2.96. The van der Waals surface area contributed by atoms with Gasteiger partial charge in [-0.05, 0) is 59.0 Å². The van der Waals surface area contributed by atoms with Crippen LogP contribution in [0.25, 0.3) is 10.8 Å². The number of phenols is 2. The minimum atomic E-state index is 0.262. The van der Waals surface area contributed by atoms with Crippen LogP contribution in [-0.4, -0.2) is 10.2 Å². The second-order valence-corrected chi connectivity index (χ2v) is 4.29. The first kappa shape index (κ1) is 12.2. The number of hydrogen-bond donors (Lipinski definition) is 2. The van der Waals surface area contributed by atoms with Gasteiger partial charge in [0.1, 0.15) is 11.5 Å². The molecule has 0 saturated carbocycles. The summed E-state index contributed by atoms with van der Waals surface area (Å²) in [6.45, 7) is 7.32. The van der Waals surface area contributed by atoms with E-state index >= 15 is 0 Å². The number of benzene rings is 2. The molecule has 2 aromatic rings. The van der Waals surface area contributed by atoms with Crippen molar-refractivity contribution in [1.29, 1.82) is 0 Å². The molecule has 2 rings (SSSR count). The third kappa shape index (κ3) is 2.23. The zero-order valence-corrected chi connectivity index (χ0v) is 10.2. The van der Waals surface area contributed by atoms with Crippen LogP contribution in [0.5, 0.6) is 11.5 Å². The van der Waals surface area contributed by atoms with Crippen LogP contribution in [0.1, 0.15) is 11.1 Å². The van der Waals surface area contributed by atoms with Gasteiger partial charge in [-0.3, -0.25) is 0 Å². The van der Waals surface area contributed by atoms with E-state index in [0.29, 0.717) is 12.8 Å². The minimum absolute atomic E-state index is 0.262. The van der Waals surface area contributed by atoms with Gasteiger partial charge in [-0.2, -0.15) is 0 Å². The van der Waals surface area contributed by atoms with Crippen LogP contribution >= 0.6 is 0 Å². The van der Waals surface area contributed by atoms with Crippen LogP contribution in [0, 0.1) is 0 Å². The highest BCUT2D eigenvalue weighted by atomic mass is 16.3. The second-order valence-electron chi connectivity index (χ2n) is 4.29. The number of allylic oxidation sites excluding steroid dienone is 2. The van der Waals surface area contributed by atoms with Gasteiger partial charge in [0.2, 0.25) is 0 Å². The molecule has 2 heteroatoms. The van der Waals surface area contributed by atoms with E-state index in [9.17, 15) is 10.2 Å². The highest BCUT2D eigenvalue weighted by molar-refractivity contribution is 5.87. The van der Waals surface area contributed by atoms with Crippen molar-refractivity contribution in [2.75, 3.05) is 0 Å². The number of fused-ring (bicyclic) bond motifs is 1. The maximum atomic E-state index is 9.90. The van der Waals surface area contributed by atoms with Gasteiger partial charge in [-0.1, -0.05) is 12.2 Å². The van der Waals surface area contributed by atoms with Gasteiger partial charge >= 0.3 is 0 Å². The molecule has 92 valence electrons. The molecular weight excluding hydrogens is 224 g/mol. The molecular formula is C16H16O2. The molecule has 0 bridgehead atoms. The Kier molecular flexibility index (Phi) is 3.38. The van der Waals surface area contributed by atoms with Crippen molar-refractivity contribution in [2.45, 2.75) is 12.8 Å². The van der Waals surface area contributed by atoms with Gasteiger partial charge in [0.15, 0.2) is 0 Å². The number of rotatable bonds is 4. The lowest BCUT2D eigenvalue weighted by Crippen LogP contribution is -1.87. The molecule has 0 atom stereocenters. The Labute approximate surface area is 107 Å². The van der Waals surface area contributed by atoms with Crippen molar-refractivity contribution in [3.05, 3.63) is 60.7 Å². The second kappa shape index (κ2) is 4.96. The first-order valence-corrected chi connectivity index (χ1v) is 5.85. The molecule has 2 nitrogen and oxygen atoms in total. The summed E-state index contributed by atoms with van der Waals surface area (Å²) in [5.74, 6) is 0.523. The molecule has 0 amide bonds. The van der Waals surface area contributed by atoms with E-state index in [1.54, 1.807) is 24.3 Å². The zero-order chi connectivity index (χ0) is 13.1. The van der Waals surface area contributed by atoms with Crippen molar-refractivity contribution >= 4 is 10.8 Å². The van der Waals surface area contributed by atoms with E-state index in [2.05, 4.69) is 13.2 Å². The lowest BCUT2D eigenvalue weighted by molar-refractivity contribution is 0.468. The summed E-state index contributed by atoms with van der Waals surface area (Å²) in [5, 5.41) is 21.6. The van der Waals surface area contributed by atoms with Crippen molar-refractivity contribution < 1.29 is 10.2 Å². The van der Waals surface area contributed by atoms with Gasteiger partial charge in [0.05, 0.1) is 0 Å². The van der Waals surface area contributed by atoms with E-state index in [1.807, 2.05) is 12.1 Å². The molecule has 0 unspecified atom stereocenters. The predicted octanol–water partition coefficient (Wildman–Crippen LogP) is 3.71. The summed E-state index contributed by atoms with van der Waals surface area (Å²) in [6, 6.07) is 7.20. The highest BCUT2D eigenvalue weighted by Gasteiger charge is 2.06. The molecule has 18 heavy (non-hydrogen) atoms. The van der Waals surface area contributed by atoms with Crippen LogP contribution in [0.15, 0.2) is 49.6 Å². The Balaban J connectivity index is 2.61. The molecule has 0 radical (unpaired) electrons. The van der Waals surface area contributed by atoms with Crippen molar-refractivity contribution in [2.24, 2.45) is 0 Å². The van der Waals surface area contributed by atoms with Crippen LogP contribution < -0.4 is 0 Å². The summed E-state index contributed by atoms with van der Waals surface area (Å²) in [7, 11) is 0. The first-order valence-electron chi connectivity index (χ1n) is 5.85. The Morgan fingerprint density at radius 1 is 0.778 bits per heavy atom. The molecule has 2 aromatic carbocycles. The Bertz CT molecular complexity index is 557. The van der Waals surface area contributed by atoms with E-state index in [4.69, 9.17) is 0 Å². The normalized spacial score (nSPS) is 10.4. The monoisotopic (exact) mass is 240 g/mol. The average Bonchev–Trinajstić information content (AvgIpc) is 2.33. The lowest BCUT2D eigenvalue weighted by atomic mass is 10.00. The summed E-state index contributed by atoms with van der Waals surface area (Å²) in [6.07, 6.45) is 4.70. The smallest absolute Gasteiger partial charge is 0.119 e. The van der Waals surface area contributed by atoms with Gasteiger partial charge < -0.3 is 10.2 Å². The standard InChI is InChI=1S/C16H16O2/c1-3-5-11-7-13-10-16(18)12(6-4-2)8-14(13)9-15(11)17/h3-4,7-10,17-18H,1-2,5-6H2. The maximum Gasteiger partial charge on any atom is 0.119 e. The number of aromatic hydroxyl groups is 2. The molecule has 0 spiro atoms. The zero-order valence-electron chi connectivity index (χ0n) is 10.2.